The summed E-state index contributed by atoms with van der Waals surface area (Å²) in [6.07, 6.45) is 8.27. The molecule has 10 nitrogen and oxygen atoms in total. The molecule has 1 aromatic carbocycles. The van der Waals surface area contributed by atoms with Crippen LogP contribution in [0.5, 0.6) is 5.75 Å². The van der Waals surface area contributed by atoms with Crippen LogP contribution in [0.3, 0.4) is 0 Å². The van der Waals surface area contributed by atoms with Gasteiger partial charge in [0.05, 0.1) is 12.8 Å². The van der Waals surface area contributed by atoms with E-state index in [1.165, 1.54) is 0 Å². The smallest absolute Gasteiger partial charge is 0.206 e. The fourth-order valence-corrected chi connectivity index (χ4v) is 3.79. The van der Waals surface area contributed by atoms with Crippen molar-refractivity contribution >= 4 is 19.0 Å². The summed E-state index contributed by atoms with van der Waals surface area (Å²) in [6, 6.07) is 5.61. The van der Waals surface area contributed by atoms with Gasteiger partial charge in [-0.1, -0.05) is 18.9 Å². The van der Waals surface area contributed by atoms with E-state index in [0.717, 1.165) is 43.8 Å². The summed E-state index contributed by atoms with van der Waals surface area (Å²) in [5.41, 5.74) is 6.99. The number of benzene rings is 1. The number of amides is 1. The Morgan fingerprint density at radius 3 is 2.36 bits per heavy atom. The number of hydrogen-bond acceptors (Lipinski definition) is 9. The van der Waals surface area contributed by atoms with Gasteiger partial charge < -0.3 is 30.9 Å². The molecule has 1 aliphatic rings. The number of nitrogens with two attached hydrogens (primary N) is 2. The van der Waals surface area contributed by atoms with Crippen LogP contribution in [0.1, 0.15) is 41.6 Å². The van der Waals surface area contributed by atoms with Crippen molar-refractivity contribution in [2.45, 2.75) is 43.8 Å². The highest BCUT2D eigenvalue weighted by atomic mass is 16.5. The Labute approximate surface area is 196 Å². The number of hydrogen-bond donors (Lipinski definition) is 4. The summed E-state index contributed by atoms with van der Waals surface area (Å²) in [6.45, 7) is 0.787. The van der Waals surface area contributed by atoms with Gasteiger partial charge in [-0.05, 0) is 44.6 Å². The summed E-state index contributed by atoms with van der Waals surface area (Å²) in [4.78, 5) is 34.5. The molecular weight excluding hydrogens is 424 g/mol. The normalized spacial score (nSPS) is 15.8. The lowest BCUT2D eigenvalue weighted by Crippen LogP contribution is -2.57. The van der Waals surface area contributed by atoms with Crippen LogP contribution in [0.15, 0.2) is 30.1 Å². The maximum absolute atomic E-state index is 12.1. The quantitative estimate of drug-likeness (QED) is 0.197. The van der Waals surface area contributed by atoms with Gasteiger partial charge in [0, 0.05) is 37.9 Å². The third-order valence-electron chi connectivity index (χ3n) is 5.75. The number of methoxy groups -OCH3 is 1. The number of ether oxygens (including phenoxy) is 1. The lowest BCUT2D eigenvalue weighted by Gasteiger charge is -2.34. The summed E-state index contributed by atoms with van der Waals surface area (Å²) in [7, 11) is 6.69. The lowest BCUT2D eigenvalue weighted by molar-refractivity contribution is -0.112. The second-order valence-corrected chi connectivity index (χ2v) is 8.07. The number of hydrazine groups is 1. The molecule has 0 aliphatic heterocycles. The third kappa shape index (κ3) is 8.16. The Morgan fingerprint density at radius 2 is 1.88 bits per heavy atom. The number of carbonyl (C=O) groups excluding carboxylic acids is 3. The molecule has 2 rings (SSSR count). The Hall–Kier alpha value is -2.95. The van der Waals surface area contributed by atoms with E-state index in [-0.39, 0.29) is 6.04 Å². The number of likely N-dealkylation sites (N-methyl/N-ethyl adjacent to an activating group) is 2. The van der Waals surface area contributed by atoms with E-state index >= 15 is 0 Å². The number of aldehydes is 2. The minimum absolute atomic E-state index is 0.252. The van der Waals surface area contributed by atoms with Gasteiger partial charge in [-0.15, -0.1) is 0 Å². The summed E-state index contributed by atoms with van der Waals surface area (Å²) in [5.74, 6) is 6.80. The van der Waals surface area contributed by atoms with Crippen molar-refractivity contribution in [3.63, 3.8) is 0 Å². The minimum Gasteiger partial charge on any atom is -0.497 e. The molecule has 0 bridgehead atoms. The maximum atomic E-state index is 12.1. The van der Waals surface area contributed by atoms with Crippen LogP contribution in [0.4, 0.5) is 0 Å². The molecule has 33 heavy (non-hydrogen) atoms. The van der Waals surface area contributed by atoms with E-state index in [9.17, 15) is 9.59 Å². The van der Waals surface area contributed by atoms with Crippen molar-refractivity contribution in [2.75, 3.05) is 34.8 Å². The standard InChI is InChI=1S/C21H33N5O3.C2H5NO/c1-24-21(15-28,20(22)12-26(23)18-6-4-5-7-18)14-25(2)11-16-8-9-19(29-3)10-17(16)13-27;1-3-2-4/h8-10,12-13,15,18,24H,4-7,11,14,22-23H2,1-3H3;2H,1H3,(H,3,4)/b20-12-;. The minimum atomic E-state index is -1.08. The Bertz CT molecular complexity index is 797. The molecule has 1 saturated carbocycles. The molecule has 1 amide bonds. The fourth-order valence-electron chi connectivity index (χ4n) is 3.79. The molecule has 6 N–H and O–H groups in total. The van der Waals surface area contributed by atoms with Crippen molar-refractivity contribution in [3.8, 4) is 5.75 Å². The average Bonchev–Trinajstić information content (AvgIpc) is 3.38. The largest absolute Gasteiger partial charge is 0.497 e. The first-order valence-electron chi connectivity index (χ1n) is 10.9. The molecule has 0 aromatic heterocycles. The molecular formula is C23H38N6O4. The molecule has 0 radical (unpaired) electrons. The second kappa shape index (κ2) is 14.2. The van der Waals surface area contributed by atoms with Crippen molar-refractivity contribution in [3.05, 3.63) is 41.2 Å². The first kappa shape index (κ1) is 28.1. The van der Waals surface area contributed by atoms with E-state index < -0.39 is 5.54 Å². The van der Waals surface area contributed by atoms with Crippen LogP contribution < -0.4 is 26.9 Å². The average molecular weight is 463 g/mol. The zero-order chi connectivity index (χ0) is 24.9. The zero-order valence-corrected chi connectivity index (χ0v) is 20.0. The molecule has 1 aliphatic carbocycles. The second-order valence-electron chi connectivity index (χ2n) is 8.07. The number of rotatable bonds is 12. The van der Waals surface area contributed by atoms with Crippen LogP contribution in [0.25, 0.3) is 0 Å². The number of carbonyl (C=O) groups is 3. The van der Waals surface area contributed by atoms with Gasteiger partial charge in [-0.2, -0.15) is 0 Å². The van der Waals surface area contributed by atoms with E-state index in [0.29, 0.717) is 36.5 Å². The van der Waals surface area contributed by atoms with Crippen LogP contribution >= 0.6 is 0 Å². The maximum Gasteiger partial charge on any atom is 0.206 e. The van der Waals surface area contributed by atoms with E-state index in [1.54, 1.807) is 38.5 Å². The first-order valence-corrected chi connectivity index (χ1v) is 10.9. The highest BCUT2D eigenvalue weighted by Gasteiger charge is 2.34. The molecule has 1 unspecified atom stereocenters. The predicted octanol–water partition coefficient (Wildman–Crippen LogP) is 0.377. The molecule has 10 heteroatoms. The van der Waals surface area contributed by atoms with Crippen LogP contribution in [0, 0.1) is 0 Å². The summed E-state index contributed by atoms with van der Waals surface area (Å²) < 4.78 is 5.17. The first-order chi connectivity index (χ1) is 15.8. The van der Waals surface area contributed by atoms with Gasteiger partial charge in [0.1, 0.15) is 17.6 Å². The van der Waals surface area contributed by atoms with Crippen LogP contribution in [0.2, 0.25) is 0 Å². The molecule has 0 saturated heterocycles. The number of nitrogens with zero attached hydrogens (tertiary/aromatic N) is 2. The van der Waals surface area contributed by atoms with Crippen molar-refractivity contribution in [2.24, 2.45) is 11.6 Å². The molecule has 0 heterocycles. The number of nitrogens with one attached hydrogen (secondary N) is 2. The van der Waals surface area contributed by atoms with Gasteiger partial charge >= 0.3 is 0 Å². The Morgan fingerprint density at radius 1 is 1.24 bits per heavy atom. The molecule has 1 aromatic rings. The van der Waals surface area contributed by atoms with Gasteiger partial charge in [-0.25, -0.2) is 5.84 Å². The Balaban J connectivity index is 0.00000125. The topological polar surface area (TPSA) is 143 Å². The molecule has 1 fully saturated rings. The van der Waals surface area contributed by atoms with Gasteiger partial charge in [0.25, 0.3) is 0 Å². The predicted molar refractivity (Wildman–Crippen MR) is 128 cm³/mol. The van der Waals surface area contributed by atoms with Crippen LogP contribution in [-0.4, -0.2) is 75.3 Å². The van der Waals surface area contributed by atoms with Crippen molar-refractivity contribution < 1.29 is 19.1 Å². The monoisotopic (exact) mass is 462 g/mol. The zero-order valence-electron chi connectivity index (χ0n) is 20.0. The van der Waals surface area contributed by atoms with Crippen molar-refractivity contribution in [1.82, 2.24) is 20.5 Å². The van der Waals surface area contributed by atoms with Gasteiger partial charge in [0.15, 0.2) is 6.29 Å². The fraction of sp³-hybridized carbons (Fsp3) is 0.522. The highest BCUT2D eigenvalue weighted by molar-refractivity contribution is 5.78. The van der Waals surface area contributed by atoms with Crippen LogP contribution in [-0.2, 0) is 16.1 Å². The van der Waals surface area contributed by atoms with E-state index in [1.807, 2.05) is 24.1 Å². The van der Waals surface area contributed by atoms with Crippen molar-refractivity contribution in [1.29, 1.82) is 0 Å². The highest BCUT2D eigenvalue weighted by Crippen LogP contribution is 2.23. The Kier molecular flexibility index (Phi) is 12.1. The molecule has 0 spiro atoms. The van der Waals surface area contributed by atoms with E-state index in [2.05, 4.69) is 10.6 Å². The van der Waals surface area contributed by atoms with Gasteiger partial charge in [0.2, 0.25) is 6.41 Å². The molecule has 184 valence electrons. The summed E-state index contributed by atoms with van der Waals surface area (Å²) in [5, 5.41) is 6.93. The molecule has 1 atom stereocenters. The SMILES string of the molecule is CNC(C=O)(CN(C)Cc1ccc(OC)cc1C=O)/C(N)=C/N(N)C1CCCC1.CNC=O. The lowest BCUT2D eigenvalue weighted by atomic mass is 9.96. The van der Waals surface area contributed by atoms with Gasteiger partial charge in [-0.3, -0.25) is 14.5 Å². The van der Waals surface area contributed by atoms with E-state index in [4.69, 9.17) is 21.1 Å². The third-order valence-corrected chi connectivity index (χ3v) is 5.75. The summed E-state index contributed by atoms with van der Waals surface area (Å²) >= 11 is 0.